The number of allylic oxidation sites excluding steroid dienone is 1. The van der Waals surface area contributed by atoms with Crippen LogP contribution in [0.25, 0.3) is 0 Å². The van der Waals surface area contributed by atoms with Gasteiger partial charge in [-0.3, -0.25) is 14.1 Å². The summed E-state index contributed by atoms with van der Waals surface area (Å²) in [6.45, 7) is 2.08. The fourth-order valence-corrected chi connectivity index (χ4v) is 2.72. The molecular formula is C13H22O7S. The zero-order valence-electron chi connectivity index (χ0n) is 11.9. The molecule has 21 heavy (non-hydrogen) atoms. The molecular weight excluding hydrogens is 300 g/mol. The van der Waals surface area contributed by atoms with Crippen molar-refractivity contribution < 1.29 is 32.8 Å². The van der Waals surface area contributed by atoms with E-state index in [-0.39, 0.29) is 0 Å². The zero-order valence-corrected chi connectivity index (χ0v) is 12.8. The second kappa shape index (κ2) is 9.51. The molecule has 0 aliphatic heterocycles. The van der Waals surface area contributed by atoms with Crippen LogP contribution in [0.5, 0.6) is 0 Å². The van der Waals surface area contributed by atoms with Gasteiger partial charge in [-0.2, -0.15) is 8.42 Å². The Labute approximate surface area is 124 Å². The van der Waals surface area contributed by atoms with E-state index >= 15 is 0 Å². The minimum absolute atomic E-state index is 0.533. The average Bonchev–Trinajstić information content (AvgIpc) is 2.33. The molecule has 0 aliphatic carbocycles. The normalized spacial score (nSPS) is 15.0. The van der Waals surface area contributed by atoms with E-state index in [0.29, 0.717) is 6.42 Å². The molecule has 0 saturated carbocycles. The quantitative estimate of drug-likeness (QED) is 0.301. The van der Waals surface area contributed by atoms with Gasteiger partial charge < -0.3 is 10.2 Å². The van der Waals surface area contributed by atoms with E-state index < -0.39 is 33.2 Å². The number of aliphatic carboxylic acids is 2. The number of unbranched alkanes of at least 4 members (excludes halogenated alkanes) is 5. The number of hydrogen-bond donors (Lipinski definition) is 3. The van der Waals surface area contributed by atoms with Crippen LogP contribution in [0.3, 0.4) is 0 Å². The van der Waals surface area contributed by atoms with E-state index in [2.05, 4.69) is 6.92 Å². The number of carbonyl (C=O) groups is 2. The summed E-state index contributed by atoms with van der Waals surface area (Å²) in [5.74, 6) is -5.31. The highest BCUT2D eigenvalue weighted by atomic mass is 32.2. The predicted molar refractivity (Wildman–Crippen MR) is 76.6 cm³/mol. The van der Waals surface area contributed by atoms with Gasteiger partial charge in [0, 0.05) is 0 Å². The minimum Gasteiger partial charge on any atom is -0.481 e. The molecule has 122 valence electrons. The molecule has 0 aliphatic rings. The van der Waals surface area contributed by atoms with Crippen LogP contribution in [-0.4, -0.2) is 40.4 Å². The van der Waals surface area contributed by atoms with E-state index in [1.807, 2.05) is 0 Å². The molecule has 0 aromatic carbocycles. The first-order chi connectivity index (χ1) is 9.71. The van der Waals surface area contributed by atoms with Crippen molar-refractivity contribution in [1.29, 1.82) is 0 Å². The maximum absolute atomic E-state index is 11.0. The smallest absolute Gasteiger partial charge is 0.325 e. The van der Waals surface area contributed by atoms with Crippen molar-refractivity contribution in [2.75, 3.05) is 0 Å². The van der Waals surface area contributed by atoms with Crippen LogP contribution in [0.15, 0.2) is 12.2 Å². The molecule has 0 saturated heterocycles. The zero-order chi connectivity index (χ0) is 16.5. The molecule has 0 radical (unpaired) electrons. The van der Waals surface area contributed by atoms with Gasteiger partial charge in [-0.05, 0) is 12.8 Å². The fraction of sp³-hybridized carbons (Fsp3) is 0.692. The Morgan fingerprint density at radius 2 is 1.62 bits per heavy atom. The van der Waals surface area contributed by atoms with Gasteiger partial charge in [-0.25, -0.2) is 0 Å². The first kappa shape index (κ1) is 19.6. The number of carboxylic acids is 2. The molecule has 0 spiro atoms. The summed E-state index contributed by atoms with van der Waals surface area (Å²) in [7, 11) is -4.99. The Morgan fingerprint density at radius 1 is 1.05 bits per heavy atom. The molecule has 0 heterocycles. The van der Waals surface area contributed by atoms with Crippen molar-refractivity contribution in [2.45, 2.75) is 50.7 Å². The number of rotatable bonds is 11. The Bertz CT molecular complexity index is 467. The number of hydrogen-bond acceptors (Lipinski definition) is 4. The van der Waals surface area contributed by atoms with Crippen molar-refractivity contribution in [3.05, 3.63) is 12.2 Å². The van der Waals surface area contributed by atoms with E-state index in [4.69, 9.17) is 14.8 Å². The third kappa shape index (κ3) is 7.81. The number of carboxylic acid groups (broad SMARTS) is 2. The summed E-state index contributed by atoms with van der Waals surface area (Å²) in [6, 6.07) is 0. The van der Waals surface area contributed by atoms with Gasteiger partial charge in [0.15, 0.2) is 5.25 Å². The lowest BCUT2D eigenvalue weighted by Crippen LogP contribution is -2.40. The lowest BCUT2D eigenvalue weighted by molar-refractivity contribution is -0.146. The van der Waals surface area contributed by atoms with Crippen molar-refractivity contribution >= 4 is 22.1 Å². The van der Waals surface area contributed by atoms with Crippen LogP contribution >= 0.6 is 0 Å². The topological polar surface area (TPSA) is 129 Å². The van der Waals surface area contributed by atoms with Crippen molar-refractivity contribution in [2.24, 2.45) is 5.92 Å². The van der Waals surface area contributed by atoms with Crippen LogP contribution in [-0.2, 0) is 19.7 Å². The van der Waals surface area contributed by atoms with Crippen molar-refractivity contribution in [3.8, 4) is 0 Å². The SMILES string of the molecule is CCCCCCCC=CC(C(=O)O)C(C(=O)O)S(=O)(=O)O. The van der Waals surface area contributed by atoms with E-state index in [0.717, 1.165) is 38.2 Å². The summed E-state index contributed by atoms with van der Waals surface area (Å²) in [5.41, 5.74) is 0. The summed E-state index contributed by atoms with van der Waals surface area (Å²) in [5, 5.41) is 15.3. The monoisotopic (exact) mass is 322 g/mol. The summed E-state index contributed by atoms with van der Waals surface area (Å²) >= 11 is 0. The van der Waals surface area contributed by atoms with Crippen LogP contribution < -0.4 is 0 Å². The maximum Gasteiger partial charge on any atom is 0.325 e. The molecule has 8 heteroatoms. The first-order valence-electron chi connectivity index (χ1n) is 6.80. The Balaban J connectivity index is 4.69. The second-order valence-electron chi connectivity index (χ2n) is 4.77. The highest BCUT2D eigenvalue weighted by molar-refractivity contribution is 7.87. The molecule has 0 bridgehead atoms. The van der Waals surface area contributed by atoms with Gasteiger partial charge in [-0.15, -0.1) is 0 Å². The van der Waals surface area contributed by atoms with Crippen LogP contribution in [0, 0.1) is 5.92 Å². The average molecular weight is 322 g/mol. The molecule has 0 amide bonds. The largest absolute Gasteiger partial charge is 0.481 e. The van der Waals surface area contributed by atoms with Gasteiger partial charge >= 0.3 is 11.9 Å². The van der Waals surface area contributed by atoms with Crippen LogP contribution in [0.1, 0.15) is 45.4 Å². The lowest BCUT2D eigenvalue weighted by atomic mass is 10.0. The molecule has 3 N–H and O–H groups in total. The summed E-state index contributed by atoms with van der Waals surface area (Å²) < 4.78 is 30.9. The van der Waals surface area contributed by atoms with E-state index in [1.54, 1.807) is 0 Å². The first-order valence-corrected chi connectivity index (χ1v) is 8.30. The molecule has 0 fully saturated rings. The molecule has 2 atom stereocenters. The van der Waals surface area contributed by atoms with Gasteiger partial charge in [0.25, 0.3) is 10.1 Å². The van der Waals surface area contributed by atoms with Crippen LogP contribution in [0.2, 0.25) is 0 Å². The highest BCUT2D eigenvalue weighted by Crippen LogP contribution is 2.16. The van der Waals surface area contributed by atoms with Gasteiger partial charge in [0.2, 0.25) is 0 Å². The van der Waals surface area contributed by atoms with Crippen molar-refractivity contribution in [3.63, 3.8) is 0 Å². The van der Waals surface area contributed by atoms with Crippen molar-refractivity contribution in [1.82, 2.24) is 0 Å². The van der Waals surface area contributed by atoms with Gasteiger partial charge in [0.1, 0.15) is 5.92 Å². The van der Waals surface area contributed by atoms with Gasteiger partial charge in [-0.1, -0.05) is 44.8 Å². The third-order valence-corrected chi connectivity index (χ3v) is 4.13. The van der Waals surface area contributed by atoms with Crippen LogP contribution in [0.4, 0.5) is 0 Å². The van der Waals surface area contributed by atoms with E-state index in [1.165, 1.54) is 6.08 Å². The third-order valence-electron chi connectivity index (χ3n) is 2.99. The molecule has 2 unspecified atom stereocenters. The fourth-order valence-electron chi connectivity index (χ4n) is 1.89. The molecule has 7 nitrogen and oxygen atoms in total. The lowest BCUT2D eigenvalue weighted by Gasteiger charge is -2.14. The predicted octanol–water partition coefficient (Wildman–Crippen LogP) is 1.94. The standard InChI is InChI=1S/C13H22O7S/c1-2-3-4-5-6-7-8-9-10(12(14)15)11(13(16)17)21(18,19)20/h8-11H,2-7H2,1H3,(H,14,15)(H,16,17)(H,18,19,20). The molecule has 0 aromatic rings. The highest BCUT2D eigenvalue weighted by Gasteiger charge is 2.41. The van der Waals surface area contributed by atoms with E-state index in [9.17, 15) is 18.0 Å². The minimum atomic E-state index is -4.99. The molecule has 0 aromatic heterocycles. The summed E-state index contributed by atoms with van der Waals surface area (Å²) in [4.78, 5) is 21.9. The Hall–Kier alpha value is -1.41. The maximum atomic E-state index is 11.0. The van der Waals surface area contributed by atoms with Gasteiger partial charge in [0.05, 0.1) is 0 Å². The Morgan fingerprint density at radius 3 is 2.05 bits per heavy atom. The summed E-state index contributed by atoms with van der Waals surface area (Å²) in [6.07, 6.45) is 8.07. The second-order valence-corrected chi connectivity index (χ2v) is 6.31. The Kier molecular flexibility index (Phi) is 8.87. The molecule has 0 rings (SSSR count).